The van der Waals surface area contributed by atoms with Crippen molar-refractivity contribution in [2.24, 2.45) is 0 Å². The first-order valence-electron chi connectivity index (χ1n) is 13.8. The molecular formula is C31H29F2N7O4. The topological polar surface area (TPSA) is 121 Å². The maximum absolute atomic E-state index is 15.0. The van der Waals surface area contributed by atoms with Gasteiger partial charge in [-0.2, -0.15) is 4.98 Å². The molecule has 0 spiro atoms. The van der Waals surface area contributed by atoms with Crippen molar-refractivity contribution in [1.82, 2.24) is 20.2 Å². The van der Waals surface area contributed by atoms with E-state index in [0.29, 0.717) is 52.7 Å². The number of nitrogens with zero attached hydrogens (tertiary/aromatic N) is 4. The quantitative estimate of drug-likeness (QED) is 0.257. The molecule has 44 heavy (non-hydrogen) atoms. The number of para-hydroxylation sites is 1. The van der Waals surface area contributed by atoms with Gasteiger partial charge in [-0.25, -0.2) is 23.5 Å². The van der Waals surface area contributed by atoms with Crippen molar-refractivity contribution in [3.05, 3.63) is 82.9 Å². The van der Waals surface area contributed by atoms with Gasteiger partial charge in [0.15, 0.2) is 17.3 Å². The molecule has 0 fully saturated rings. The molecule has 0 saturated heterocycles. The van der Waals surface area contributed by atoms with Gasteiger partial charge in [0.1, 0.15) is 17.3 Å². The number of hydrogen-bond acceptors (Lipinski definition) is 8. The predicted octanol–water partition coefficient (Wildman–Crippen LogP) is 5.05. The monoisotopic (exact) mass is 601 g/mol. The first kappa shape index (κ1) is 28.8. The molecule has 6 rings (SSSR count). The normalized spacial score (nSPS) is 13.5. The van der Waals surface area contributed by atoms with Crippen LogP contribution in [0.4, 0.5) is 36.7 Å². The molecule has 3 aromatic carbocycles. The Hall–Kier alpha value is -5.30. The van der Waals surface area contributed by atoms with Crippen LogP contribution in [0.3, 0.4) is 0 Å². The van der Waals surface area contributed by atoms with Crippen LogP contribution in [0.5, 0.6) is 11.5 Å². The third-order valence-corrected chi connectivity index (χ3v) is 7.21. The number of carbonyl (C=O) groups is 2. The number of amides is 3. The molecule has 226 valence electrons. The molecule has 3 amide bonds. The highest BCUT2D eigenvalue weighted by atomic mass is 19.1. The Balaban J connectivity index is 1.43. The average Bonchev–Trinajstić information content (AvgIpc) is 3.46. The van der Waals surface area contributed by atoms with Crippen LogP contribution < -0.4 is 30.3 Å². The van der Waals surface area contributed by atoms with Crippen LogP contribution in [-0.2, 0) is 6.54 Å². The number of halogens is 2. The number of ether oxygens (including phenoxy) is 2. The number of aryl methyl sites for hydroxylation is 1. The van der Waals surface area contributed by atoms with Crippen LogP contribution in [0.2, 0.25) is 0 Å². The number of hydrogen-bond donors (Lipinski definition) is 3. The van der Waals surface area contributed by atoms with E-state index >= 15 is 0 Å². The summed E-state index contributed by atoms with van der Waals surface area (Å²) < 4.78 is 40.7. The fourth-order valence-electron chi connectivity index (χ4n) is 4.96. The number of rotatable bonds is 8. The SMILES string of the molecule is Cc1ccc(C(=O)Nc2ccc3c(c2)OCO3)cc1-c1nc(NCCN(C)C)nc2c1CNC(=O)N2c1c(F)cccc1F. The van der Waals surface area contributed by atoms with Crippen LogP contribution in [-0.4, -0.2) is 60.8 Å². The molecule has 0 bridgehead atoms. The van der Waals surface area contributed by atoms with Crippen molar-refractivity contribution in [1.29, 1.82) is 0 Å². The second-order valence-electron chi connectivity index (χ2n) is 10.5. The van der Waals surface area contributed by atoms with E-state index in [-0.39, 0.29) is 31.0 Å². The zero-order valence-corrected chi connectivity index (χ0v) is 24.2. The van der Waals surface area contributed by atoms with E-state index in [1.807, 2.05) is 25.9 Å². The Labute approximate surface area is 251 Å². The highest BCUT2D eigenvalue weighted by Gasteiger charge is 2.34. The molecular weight excluding hydrogens is 572 g/mol. The van der Waals surface area contributed by atoms with E-state index in [2.05, 4.69) is 20.9 Å². The van der Waals surface area contributed by atoms with E-state index in [9.17, 15) is 18.4 Å². The maximum Gasteiger partial charge on any atom is 0.328 e. The number of urea groups is 1. The van der Waals surface area contributed by atoms with Crippen molar-refractivity contribution in [2.45, 2.75) is 13.5 Å². The smallest absolute Gasteiger partial charge is 0.328 e. The maximum atomic E-state index is 15.0. The first-order chi connectivity index (χ1) is 21.2. The highest BCUT2D eigenvalue weighted by molar-refractivity contribution is 6.06. The van der Waals surface area contributed by atoms with Crippen molar-refractivity contribution < 1.29 is 27.8 Å². The second-order valence-corrected chi connectivity index (χ2v) is 10.5. The summed E-state index contributed by atoms with van der Waals surface area (Å²) in [6, 6.07) is 12.9. The predicted molar refractivity (Wildman–Crippen MR) is 160 cm³/mol. The second kappa shape index (κ2) is 11.8. The molecule has 13 heteroatoms. The van der Waals surface area contributed by atoms with Gasteiger partial charge in [0.05, 0.1) is 12.2 Å². The number of fused-ring (bicyclic) bond motifs is 2. The van der Waals surface area contributed by atoms with Crippen molar-refractivity contribution >= 4 is 35.1 Å². The minimum atomic E-state index is -0.923. The Bertz CT molecular complexity index is 1760. The van der Waals surface area contributed by atoms with Crippen LogP contribution in [0.15, 0.2) is 54.6 Å². The van der Waals surface area contributed by atoms with Gasteiger partial charge in [0, 0.05) is 41.5 Å². The Kier molecular flexibility index (Phi) is 7.70. The van der Waals surface area contributed by atoms with Gasteiger partial charge < -0.3 is 30.3 Å². The Morgan fingerprint density at radius 1 is 1.05 bits per heavy atom. The summed E-state index contributed by atoms with van der Waals surface area (Å²) in [6.07, 6.45) is 0. The van der Waals surface area contributed by atoms with E-state index in [0.717, 1.165) is 22.6 Å². The van der Waals surface area contributed by atoms with Crippen molar-refractivity contribution in [2.75, 3.05) is 49.5 Å². The van der Waals surface area contributed by atoms with E-state index in [1.54, 1.807) is 36.4 Å². The molecule has 11 nitrogen and oxygen atoms in total. The molecule has 2 aliphatic rings. The minimum absolute atomic E-state index is 0.00110. The Morgan fingerprint density at radius 2 is 1.82 bits per heavy atom. The van der Waals surface area contributed by atoms with Crippen LogP contribution >= 0.6 is 0 Å². The largest absolute Gasteiger partial charge is 0.454 e. The molecule has 4 aromatic rings. The molecule has 0 unspecified atom stereocenters. The van der Waals surface area contributed by atoms with Gasteiger partial charge in [-0.05, 0) is 63.0 Å². The summed E-state index contributed by atoms with van der Waals surface area (Å²) in [7, 11) is 3.83. The number of likely N-dealkylation sites (N-methyl/N-ethyl adjacent to an activating group) is 1. The fraction of sp³-hybridized carbons (Fsp3) is 0.226. The number of aromatic nitrogens is 2. The van der Waals surface area contributed by atoms with Gasteiger partial charge >= 0.3 is 6.03 Å². The van der Waals surface area contributed by atoms with Crippen LogP contribution in [0.25, 0.3) is 11.3 Å². The van der Waals surface area contributed by atoms with Gasteiger partial charge in [0.25, 0.3) is 5.91 Å². The standard InChI is InChI=1S/C31H29F2N7O4/c1-17-7-8-18(29(41)36-19-9-10-24-25(14-19)44-16-43-24)13-20(17)26-21-15-35-31(42)40(27-22(32)5-4-6-23(27)33)28(21)38-30(37-26)34-11-12-39(2)3/h4-10,13-14H,11-12,15-16H2,1-3H3,(H,35,42)(H,36,41)(H,34,37,38). The lowest BCUT2D eigenvalue weighted by molar-refractivity contribution is 0.102. The number of anilines is 4. The summed E-state index contributed by atoms with van der Waals surface area (Å²) >= 11 is 0. The molecule has 2 aliphatic heterocycles. The van der Waals surface area contributed by atoms with Gasteiger partial charge in [-0.3, -0.25) is 4.79 Å². The van der Waals surface area contributed by atoms with Crippen molar-refractivity contribution in [3.63, 3.8) is 0 Å². The van der Waals surface area contributed by atoms with E-state index in [4.69, 9.17) is 14.5 Å². The highest BCUT2D eigenvalue weighted by Crippen LogP contribution is 2.39. The zero-order valence-electron chi connectivity index (χ0n) is 24.2. The molecule has 0 saturated carbocycles. The van der Waals surface area contributed by atoms with Crippen molar-refractivity contribution in [3.8, 4) is 22.8 Å². The number of benzene rings is 3. The average molecular weight is 602 g/mol. The van der Waals surface area contributed by atoms with Gasteiger partial charge in [-0.15, -0.1) is 0 Å². The lowest BCUT2D eigenvalue weighted by Crippen LogP contribution is -2.43. The van der Waals surface area contributed by atoms with E-state index in [1.165, 1.54) is 6.07 Å². The third kappa shape index (κ3) is 5.56. The zero-order chi connectivity index (χ0) is 31.0. The molecule has 0 atom stereocenters. The lowest BCUT2D eigenvalue weighted by Gasteiger charge is -2.31. The van der Waals surface area contributed by atoms with Crippen LogP contribution in [0.1, 0.15) is 21.5 Å². The summed E-state index contributed by atoms with van der Waals surface area (Å²) in [4.78, 5) is 38.6. The summed E-state index contributed by atoms with van der Waals surface area (Å²) in [6.45, 7) is 3.09. The number of nitrogens with one attached hydrogen (secondary N) is 3. The van der Waals surface area contributed by atoms with Gasteiger partial charge in [0.2, 0.25) is 12.7 Å². The molecule has 0 radical (unpaired) electrons. The summed E-state index contributed by atoms with van der Waals surface area (Å²) in [5, 5.41) is 8.71. The minimum Gasteiger partial charge on any atom is -0.454 e. The third-order valence-electron chi connectivity index (χ3n) is 7.21. The van der Waals surface area contributed by atoms with E-state index < -0.39 is 23.4 Å². The molecule has 3 heterocycles. The Morgan fingerprint density at radius 3 is 2.59 bits per heavy atom. The fourth-order valence-corrected chi connectivity index (χ4v) is 4.96. The first-order valence-corrected chi connectivity index (χ1v) is 13.8. The number of carbonyl (C=O) groups excluding carboxylic acids is 2. The molecule has 1 aromatic heterocycles. The molecule has 0 aliphatic carbocycles. The summed E-state index contributed by atoms with van der Waals surface area (Å²) in [5.41, 5.74) is 2.52. The molecule has 3 N–H and O–H groups in total. The van der Waals surface area contributed by atoms with Gasteiger partial charge in [-0.1, -0.05) is 12.1 Å². The summed E-state index contributed by atoms with van der Waals surface area (Å²) in [5.74, 6) is -0.896. The van der Waals surface area contributed by atoms with Crippen LogP contribution in [0, 0.1) is 18.6 Å². The lowest BCUT2D eigenvalue weighted by atomic mass is 9.97.